The summed E-state index contributed by atoms with van der Waals surface area (Å²) in [6.45, 7) is 0.269. The molecule has 0 aromatic heterocycles. The van der Waals surface area contributed by atoms with Gasteiger partial charge in [0, 0.05) is 5.41 Å². The van der Waals surface area contributed by atoms with E-state index in [0.29, 0.717) is 18.6 Å². The van der Waals surface area contributed by atoms with Crippen LogP contribution in [0.3, 0.4) is 0 Å². The topological polar surface area (TPSA) is 98.9 Å². The Hall–Kier alpha value is -2.08. The molecule has 0 saturated heterocycles. The number of hydrogen-bond acceptors (Lipinski definition) is 5. The zero-order valence-electron chi connectivity index (χ0n) is 11.2. The van der Waals surface area contributed by atoms with Crippen molar-refractivity contribution < 1.29 is 24.2 Å². The fourth-order valence-electron chi connectivity index (χ4n) is 2.71. The van der Waals surface area contributed by atoms with Crippen LogP contribution in [-0.2, 0) is 22.4 Å². The number of rotatable bonds is 4. The van der Waals surface area contributed by atoms with Crippen molar-refractivity contribution in [1.82, 2.24) is 0 Å². The summed E-state index contributed by atoms with van der Waals surface area (Å²) in [5, 5.41) is 9.04. The third kappa shape index (κ3) is 2.75. The Morgan fingerprint density at radius 3 is 2.75 bits per heavy atom. The van der Waals surface area contributed by atoms with Crippen LogP contribution in [0.4, 0.5) is 4.79 Å². The molecule has 1 unspecified atom stereocenters. The number of carbonyl (C=O) groups excluding carboxylic acids is 1. The molecule has 20 heavy (non-hydrogen) atoms. The van der Waals surface area contributed by atoms with E-state index < -0.39 is 17.5 Å². The molecule has 0 aliphatic heterocycles. The first-order chi connectivity index (χ1) is 9.49. The second-order valence-electron chi connectivity index (χ2n) is 5.08. The quantitative estimate of drug-likeness (QED) is 0.637. The van der Waals surface area contributed by atoms with Gasteiger partial charge in [-0.15, -0.1) is 0 Å². The van der Waals surface area contributed by atoms with E-state index in [0.717, 1.165) is 11.1 Å². The SMILES string of the molecule is COC(=O)Oc1cccc2c1CC(CN)(CC(=O)O)C2. The van der Waals surface area contributed by atoms with Crippen LogP contribution in [0.1, 0.15) is 17.5 Å². The molecule has 1 aliphatic carbocycles. The highest BCUT2D eigenvalue weighted by Crippen LogP contribution is 2.42. The van der Waals surface area contributed by atoms with E-state index in [1.807, 2.05) is 6.07 Å². The van der Waals surface area contributed by atoms with Gasteiger partial charge in [-0.05, 0) is 36.6 Å². The highest BCUT2D eigenvalue weighted by atomic mass is 16.7. The van der Waals surface area contributed by atoms with Gasteiger partial charge in [0.25, 0.3) is 0 Å². The predicted molar refractivity (Wildman–Crippen MR) is 70.6 cm³/mol. The molecule has 2 rings (SSSR count). The predicted octanol–water partition coefficient (Wildman–Crippen LogP) is 1.35. The Morgan fingerprint density at radius 1 is 1.40 bits per heavy atom. The molecule has 1 aliphatic rings. The summed E-state index contributed by atoms with van der Waals surface area (Å²) in [6.07, 6.45) is 0.263. The summed E-state index contributed by atoms with van der Waals surface area (Å²) < 4.78 is 9.58. The summed E-state index contributed by atoms with van der Waals surface area (Å²) in [6, 6.07) is 5.34. The van der Waals surface area contributed by atoms with Crippen LogP contribution in [0.2, 0.25) is 0 Å². The maximum atomic E-state index is 11.2. The standard InChI is InChI=1S/C14H17NO5/c1-19-13(18)20-11-4-2-3-9-5-14(8-15,6-10(9)11)7-12(16)17/h2-4H,5-8,15H2,1H3,(H,16,17). The number of aliphatic carboxylic acids is 1. The number of fused-ring (bicyclic) bond motifs is 1. The third-order valence-corrected chi connectivity index (χ3v) is 3.67. The molecule has 1 atom stereocenters. The Bertz CT molecular complexity index is 542. The molecule has 0 spiro atoms. The minimum Gasteiger partial charge on any atom is -0.481 e. The highest BCUT2D eigenvalue weighted by Gasteiger charge is 2.39. The van der Waals surface area contributed by atoms with Crippen LogP contribution in [0.15, 0.2) is 18.2 Å². The zero-order valence-corrected chi connectivity index (χ0v) is 11.2. The molecule has 6 nitrogen and oxygen atoms in total. The number of benzene rings is 1. The Labute approximate surface area is 116 Å². The first-order valence-corrected chi connectivity index (χ1v) is 6.28. The van der Waals surface area contributed by atoms with Gasteiger partial charge in [-0.1, -0.05) is 12.1 Å². The van der Waals surface area contributed by atoms with E-state index in [1.54, 1.807) is 12.1 Å². The first kappa shape index (κ1) is 14.3. The van der Waals surface area contributed by atoms with Gasteiger partial charge in [-0.3, -0.25) is 4.79 Å². The molecular weight excluding hydrogens is 262 g/mol. The number of carboxylic acids is 1. The fraction of sp³-hybridized carbons (Fsp3) is 0.429. The second kappa shape index (κ2) is 5.50. The Morgan fingerprint density at radius 2 is 2.15 bits per heavy atom. The number of ether oxygens (including phenoxy) is 2. The van der Waals surface area contributed by atoms with Crippen LogP contribution in [0.5, 0.6) is 5.75 Å². The molecule has 1 aromatic rings. The molecular formula is C14H17NO5. The van der Waals surface area contributed by atoms with Crippen molar-refractivity contribution in [2.24, 2.45) is 11.1 Å². The van der Waals surface area contributed by atoms with Crippen molar-refractivity contribution in [3.8, 4) is 5.75 Å². The van der Waals surface area contributed by atoms with Gasteiger partial charge in [-0.2, -0.15) is 0 Å². The van der Waals surface area contributed by atoms with Crippen molar-refractivity contribution in [2.45, 2.75) is 19.3 Å². The molecule has 0 heterocycles. The van der Waals surface area contributed by atoms with Crippen molar-refractivity contribution in [2.75, 3.05) is 13.7 Å². The molecule has 3 N–H and O–H groups in total. The second-order valence-corrected chi connectivity index (χ2v) is 5.08. The molecule has 0 saturated carbocycles. The largest absolute Gasteiger partial charge is 0.513 e. The van der Waals surface area contributed by atoms with E-state index in [-0.39, 0.29) is 13.0 Å². The van der Waals surface area contributed by atoms with Gasteiger partial charge < -0.3 is 20.3 Å². The summed E-state index contributed by atoms with van der Waals surface area (Å²) in [4.78, 5) is 22.2. The van der Waals surface area contributed by atoms with E-state index in [2.05, 4.69) is 4.74 Å². The maximum absolute atomic E-state index is 11.2. The maximum Gasteiger partial charge on any atom is 0.513 e. The number of methoxy groups -OCH3 is 1. The lowest BCUT2D eigenvalue weighted by Crippen LogP contribution is -2.33. The normalized spacial score (nSPS) is 20.3. The minimum atomic E-state index is -0.876. The van der Waals surface area contributed by atoms with Crippen LogP contribution in [-0.4, -0.2) is 30.9 Å². The number of hydrogen-bond donors (Lipinski definition) is 2. The summed E-state index contributed by atoms with van der Waals surface area (Å²) >= 11 is 0. The van der Waals surface area contributed by atoms with Crippen LogP contribution < -0.4 is 10.5 Å². The summed E-state index contributed by atoms with van der Waals surface area (Å²) in [5.74, 6) is -0.464. The molecule has 1 aromatic carbocycles. The first-order valence-electron chi connectivity index (χ1n) is 6.28. The van der Waals surface area contributed by atoms with Gasteiger partial charge in [0.15, 0.2) is 0 Å². The molecule has 0 amide bonds. The summed E-state index contributed by atoms with van der Waals surface area (Å²) in [5.41, 5.74) is 7.08. The lowest BCUT2D eigenvalue weighted by Gasteiger charge is -2.24. The van der Waals surface area contributed by atoms with E-state index >= 15 is 0 Å². The smallest absolute Gasteiger partial charge is 0.481 e. The molecule has 0 fully saturated rings. The third-order valence-electron chi connectivity index (χ3n) is 3.67. The molecule has 0 bridgehead atoms. The van der Waals surface area contributed by atoms with Gasteiger partial charge in [-0.25, -0.2) is 4.79 Å². The molecule has 108 valence electrons. The zero-order chi connectivity index (χ0) is 14.8. The lowest BCUT2D eigenvalue weighted by atomic mass is 9.81. The lowest BCUT2D eigenvalue weighted by molar-refractivity contribution is -0.139. The van der Waals surface area contributed by atoms with Crippen molar-refractivity contribution in [3.63, 3.8) is 0 Å². The van der Waals surface area contributed by atoms with Gasteiger partial charge >= 0.3 is 12.1 Å². The average molecular weight is 279 g/mol. The van der Waals surface area contributed by atoms with Gasteiger partial charge in [0.2, 0.25) is 0 Å². The van der Waals surface area contributed by atoms with Gasteiger partial charge in [0.1, 0.15) is 5.75 Å². The monoisotopic (exact) mass is 279 g/mol. The van der Waals surface area contributed by atoms with Crippen molar-refractivity contribution in [3.05, 3.63) is 29.3 Å². The minimum absolute atomic E-state index is 0.00412. The Kier molecular flexibility index (Phi) is 3.94. The van der Waals surface area contributed by atoms with Crippen LogP contribution in [0, 0.1) is 5.41 Å². The highest BCUT2D eigenvalue weighted by molar-refractivity contribution is 5.69. The van der Waals surface area contributed by atoms with E-state index in [9.17, 15) is 9.59 Å². The average Bonchev–Trinajstić information content (AvgIpc) is 2.77. The van der Waals surface area contributed by atoms with Crippen LogP contribution >= 0.6 is 0 Å². The van der Waals surface area contributed by atoms with E-state index in [1.165, 1.54) is 7.11 Å². The van der Waals surface area contributed by atoms with E-state index in [4.69, 9.17) is 15.6 Å². The number of carboxylic acid groups (broad SMARTS) is 1. The molecule has 6 heteroatoms. The van der Waals surface area contributed by atoms with Crippen LogP contribution in [0.25, 0.3) is 0 Å². The molecule has 0 radical (unpaired) electrons. The Balaban J connectivity index is 2.29. The number of carbonyl (C=O) groups is 2. The van der Waals surface area contributed by atoms with Crippen molar-refractivity contribution in [1.29, 1.82) is 0 Å². The van der Waals surface area contributed by atoms with Crippen molar-refractivity contribution >= 4 is 12.1 Å². The fourth-order valence-corrected chi connectivity index (χ4v) is 2.71. The number of nitrogens with two attached hydrogens (primary N) is 1. The van der Waals surface area contributed by atoms with Gasteiger partial charge in [0.05, 0.1) is 13.5 Å². The summed E-state index contributed by atoms with van der Waals surface area (Å²) in [7, 11) is 1.24.